The van der Waals surface area contributed by atoms with Crippen molar-refractivity contribution in [2.75, 3.05) is 0 Å². The second-order valence-corrected chi connectivity index (χ2v) is 2.96. The average Bonchev–Trinajstić information content (AvgIpc) is 2.17. The van der Waals surface area contributed by atoms with E-state index in [-0.39, 0.29) is 5.82 Å². The molecule has 1 rings (SSSR count). The molecule has 0 atom stereocenters. The van der Waals surface area contributed by atoms with Gasteiger partial charge in [0.15, 0.2) is 0 Å². The van der Waals surface area contributed by atoms with Gasteiger partial charge >= 0.3 is 5.97 Å². The molecule has 0 fully saturated rings. The smallest absolute Gasteiger partial charge is 0.328 e. The molecule has 0 unspecified atom stereocenters. The van der Waals surface area contributed by atoms with E-state index >= 15 is 0 Å². The Bertz CT molecular complexity index is 394. The maximum atomic E-state index is 12.7. The lowest BCUT2D eigenvalue weighted by atomic mass is 10.1. The topological polar surface area (TPSA) is 37.3 Å². The van der Waals surface area contributed by atoms with Crippen LogP contribution in [0.25, 0.3) is 0 Å². The predicted molar refractivity (Wildman–Crippen MR) is 56.0 cm³/mol. The van der Waals surface area contributed by atoms with E-state index in [0.717, 1.165) is 11.6 Å². The Morgan fingerprint density at radius 2 is 2.20 bits per heavy atom. The van der Waals surface area contributed by atoms with Gasteiger partial charge in [0, 0.05) is 6.08 Å². The molecule has 0 amide bonds. The van der Waals surface area contributed by atoms with Crippen molar-refractivity contribution in [1.29, 1.82) is 0 Å². The van der Waals surface area contributed by atoms with Crippen molar-refractivity contribution in [1.82, 2.24) is 0 Å². The second-order valence-electron chi connectivity index (χ2n) is 2.96. The maximum absolute atomic E-state index is 12.7. The summed E-state index contributed by atoms with van der Waals surface area (Å²) in [6, 6.07) is 6.29. The van der Waals surface area contributed by atoms with E-state index in [1.54, 1.807) is 18.2 Å². The first-order chi connectivity index (χ1) is 7.18. The van der Waals surface area contributed by atoms with E-state index in [1.165, 1.54) is 18.2 Å². The van der Waals surface area contributed by atoms with Crippen molar-refractivity contribution in [3.63, 3.8) is 0 Å². The molecule has 0 saturated heterocycles. The van der Waals surface area contributed by atoms with E-state index in [4.69, 9.17) is 5.11 Å². The first kappa shape index (κ1) is 11.2. The number of hydrogen-bond donors (Lipinski definition) is 1. The number of hydrogen-bond acceptors (Lipinski definition) is 1. The van der Waals surface area contributed by atoms with Crippen molar-refractivity contribution in [2.45, 2.75) is 6.42 Å². The highest BCUT2D eigenvalue weighted by molar-refractivity contribution is 5.80. The molecule has 0 aliphatic heterocycles. The van der Waals surface area contributed by atoms with Gasteiger partial charge in [0.25, 0.3) is 0 Å². The lowest BCUT2D eigenvalue weighted by Crippen LogP contribution is -1.84. The summed E-state index contributed by atoms with van der Waals surface area (Å²) < 4.78 is 12.7. The van der Waals surface area contributed by atoms with Crippen LogP contribution in [0.2, 0.25) is 0 Å². The van der Waals surface area contributed by atoms with Gasteiger partial charge in [-0.05, 0) is 24.1 Å². The molecule has 0 aromatic heterocycles. The molecule has 2 nitrogen and oxygen atoms in total. The van der Waals surface area contributed by atoms with E-state index in [9.17, 15) is 9.18 Å². The fourth-order valence-electron chi connectivity index (χ4n) is 1.08. The molecule has 1 N–H and O–H groups in total. The third-order valence-corrected chi connectivity index (χ3v) is 1.73. The highest BCUT2D eigenvalue weighted by atomic mass is 19.1. The molecular formula is C12H11FO2. The Labute approximate surface area is 87.4 Å². The fraction of sp³-hybridized carbons (Fsp3) is 0.0833. The third kappa shape index (κ3) is 4.76. The number of carbonyl (C=O) groups is 1. The number of allylic oxidation sites excluding steroid dienone is 3. The summed E-state index contributed by atoms with van der Waals surface area (Å²) >= 11 is 0. The zero-order valence-corrected chi connectivity index (χ0v) is 8.06. The number of aliphatic carboxylic acids is 1. The van der Waals surface area contributed by atoms with Gasteiger partial charge in [-0.3, -0.25) is 0 Å². The zero-order valence-electron chi connectivity index (χ0n) is 8.06. The molecule has 0 bridgehead atoms. The largest absolute Gasteiger partial charge is 0.478 e. The highest BCUT2D eigenvalue weighted by Gasteiger charge is 1.91. The molecule has 78 valence electrons. The van der Waals surface area contributed by atoms with Crippen LogP contribution in [0.1, 0.15) is 5.56 Å². The van der Waals surface area contributed by atoms with Gasteiger partial charge in [0.2, 0.25) is 0 Å². The Balaban J connectivity index is 2.47. The van der Waals surface area contributed by atoms with Gasteiger partial charge in [-0.1, -0.05) is 30.4 Å². The maximum Gasteiger partial charge on any atom is 0.328 e. The highest BCUT2D eigenvalue weighted by Crippen LogP contribution is 2.04. The van der Waals surface area contributed by atoms with Crippen LogP contribution in [0.3, 0.4) is 0 Å². The van der Waals surface area contributed by atoms with E-state index < -0.39 is 5.97 Å². The monoisotopic (exact) mass is 206 g/mol. The summed E-state index contributed by atoms with van der Waals surface area (Å²) in [5.41, 5.74) is 0.856. The number of rotatable bonds is 4. The Morgan fingerprint density at radius 3 is 2.87 bits per heavy atom. The minimum atomic E-state index is -0.981. The first-order valence-electron chi connectivity index (χ1n) is 4.49. The van der Waals surface area contributed by atoms with Gasteiger partial charge in [-0.2, -0.15) is 0 Å². The lowest BCUT2D eigenvalue weighted by Gasteiger charge is -1.94. The quantitative estimate of drug-likeness (QED) is 0.607. The molecule has 1 aromatic rings. The van der Waals surface area contributed by atoms with Gasteiger partial charge < -0.3 is 5.11 Å². The number of carboxylic acid groups (broad SMARTS) is 1. The minimum absolute atomic E-state index is 0.262. The average molecular weight is 206 g/mol. The summed E-state index contributed by atoms with van der Waals surface area (Å²) in [6.07, 6.45) is 6.46. The lowest BCUT2D eigenvalue weighted by molar-refractivity contribution is -0.131. The number of halogens is 1. The van der Waals surface area contributed by atoms with Crippen LogP contribution in [0, 0.1) is 5.82 Å². The summed E-state index contributed by atoms with van der Waals surface area (Å²) in [7, 11) is 0. The van der Waals surface area contributed by atoms with Crippen molar-refractivity contribution in [3.8, 4) is 0 Å². The van der Waals surface area contributed by atoms with Crippen LogP contribution < -0.4 is 0 Å². The molecule has 0 heterocycles. The number of benzene rings is 1. The van der Waals surface area contributed by atoms with Crippen molar-refractivity contribution < 1.29 is 14.3 Å². The van der Waals surface area contributed by atoms with Gasteiger partial charge in [-0.25, -0.2) is 9.18 Å². The Morgan fingerprint density at radius 1 is 1.40 bits per heavy atom. The van der Waals surface area contributed by atoms with Crippen LogP contribution in [0.15, 0.2) is 48.6 Å². The van der Waals surface area contributed by atoms with Crippen LogP contribution in [0.5, 0.6) is 0 Å². The molecule has 0 aliphatic carbocycles. The number of carboxylic acids is 1. The van der Waals surface area contributed by atoms with Gasteiger partial charge in [0.05, 0.1) is 0 Å². The predicted octanol–water partition coefficient (Wildman–Crippen LogP) is 2.57. The standard InChI is InChI=1S/C12H11FO2/c13-11-7-4-6-10(9-11)5-2-1-3-8-12(14)15/h1-4,6-9H,5H2,(H,14,15). The minimum Gasteiger partial charge on any atom is -0.478 e. The zero-order chi connectivity index (χ0) is 11.1. The molecule has 15 heavy (non-hydrogen) atoms. The second kappa shape index (κ2) is 5.75. The van der Waals surface area contributed by atoms with Crippen LogP contribution in [-0.2, 0) is 11.2 Å². The summed E-state index contributed by atoms with van der Waals surface area (Å²) in [5.74, 6) is -1.24. The fourth-order valence-corrected chi connectivity index (χ4v) is 1.08. The van der Waals surface area contributed by atoms with Gasteiger partial charge in [0.1, 0.15) is 5.82 Å². The van der Waals surface area contributed by atoms with Crippen molar-refractivity contribution >= 4 is 5.97 Å². The molecule has 0 saturated carbocycles. The first-order valence-corrected chi connectivity index (χ1v) is 4.49. The SMILES string of the molecule is O=C(O)C=CC=CCc1cccc(F)c1. The van der Waals surface area contributed by atoms with E-state index in [0.29, 0.717) is 6.42 Å². The molecule has 3 heteroatoms. The third-order valence-electron chi connectivity index (χ3n) is 1.73. The van der Waals surface area contributed by atoms with Crippen LogP contribution >= 0.6 is 0 Å². The molecule has 1 aromatic carbocycles. The van der Waals surface area contributed by atoms with E-state index in [1.807, 2.05) is 6.07 Å². The van der Waals surface area contributed by atoms with Crippen molar-refractivity contribution in [2.24, 2.45) is 0 Å². The van der Waals surface area contributed by atoms with Gasteiger partial charge in [-0.15, -0.1) is 0 Å². The van der Waals surface area contributed by atoms with Crippen LogP contribution in [-0.4, -0.2) is 11.1 Å². The van der Waals surface area contributed by atoms with Crippen molar-refractivity contribution in [3.05, 3.63) is 60.0 Å². The summed E-state index contributed by atoms with van der Waals surface area (Å²) in [5, 5.41) is 8.30. The normalized spacial score (nSPS) is 11.3. The molecule has 0 spiro atoms. The Kier molecular flexibility index (Phi) is 4.29. The molecular weight excluding hydrogens is 195 g/mol. The Hall–Kier alpha value is -1.90. The van der Waals surface area contributed by atoms with Crippen LogP contribution in [0.4, 0.5) is 4.39 Å². The summed E-state index contributed by atoms with van der Waals surface area (Å²) in [6.45, 7) is 0. The molecule has 0 aliphatic rings. The van der Waals surface area contributed by atoms with E-state index in [2.05, 4.69) is 0 Å². The molecule has 0 radical (unpaired) electrons. The summed E-state index contributed by atoms with van der Waals surface area (Å²) in [4.78, 5) is 10.1.